The lowest BCUT2D eigenvalue weighted by molar-refractivity contribution is -0.384. The summed E-state index contributed by atoms with van der Waals surface area (Å²) in [7, 11) is 0. The van der Waals surface area contributed by atoms with Crippen molar-refractivity contribution in [3.8, 4) is 0 Å². The van der Waals surface area contributed by atoms with E-state index < -0.39 is 4.92 Å². The zero-order valence-corrected chi connectivity index (χ0v) is 11.8. The molecule has 1 N–H and O–H groups in total. The van der Waals surface area contributed by atoms with E-state index in [0.29, 0.717) is 12.4 Å². The van der Waals surface area contributed by atoms with Crippen LogP contribution in [-0.2, 0) is 6.54 Å². The van der Waals surface area contributed by atoms with Gasteiger partial charge in [0.2, 0.25) is 5.82 Å². The molecule has 0 saturated carbocycles. The predicted molar refractivity (Wildman–Crippen MR) is 77.1 cm³/mol. The molecule has 0 aliphatic carbocycles. The first kappa shape index (κ1) is 13.5. The molecule has 0 aliphatic rings. The van der Waals surface area contributed by atoms with Crippen molar-refractivity contribution in [2.45, 2.75) is 13.5 Å². The Hall–Kier alpha value is -1.95. The Balaban J connectivity index is 2.22. The molecule has 19 heavy (non-hydrogen) atoms. The van der Waals surface area contributed by atoms with Crippen LogP contribution in [0.2, 0.25) is 0 Å². The van der Waals surface area contributed by atoms with Gasteiger partial charge in [-0.25, -0.2) is 4.98 Å². The third kappa shape index (κ3) is 3.29. The Morgan fingerprint density at radius 2 is 2.05 bits per heavy atom. The minimum Gasteiger partial charge on any atom is -0.360 e. The topological polar surface area (TPSA) is 68.1 Å². The van der Waals surface area contributed by atoms with E-state index in [9.17, 15) is 10.1 Å². The number of pyridine rings is 1. The Bertz CT molecular complexity index is 617. The van der Waals surface area contributed by atoms with Crippen LogP contribution in [0.25, 0.3) is 0 Å². The van der Waals surface area contributed by atoms with Gasteiger partial charge in [0.1, 0.15) is 0 Å². The minimum absolute atomic E-state index is 0.0161. The van der Waals surface area contributed by atoms with E-state index in [1.54, 1.807) is 13.0 Å². The van der Waals surface area contributed by atoms with Crippen molar-refractivity contribution < 1.29 is 4.92 Å². The van der Waals surface area contributed by atoms with E-state index in [-0.39, 0.29) is 5.69 Å². The average molecular weight is 322 g/mol. The van der Waals surface area contributed by atoms with Crippen molar-refractivity contribution in [1.82, 2.24) is 4.98 Å². The number of anilines is 1. The maximum absolute atomic E-state index is 10.9. The van der Waals surface area contributed by atoms with Gasteiger partial charge in [-0.3, -0.25) is 10.1 Å². The number of benzene rings is 1. The second-order valence-electron chi connectivity index (χ2n) is 4.02. The lowest BCUT2D eigenvalue weighted by atomic mass is 10.2. The molecule has 2 rings (SSSR count). The molecule has 0 radical (unpaired) electrons. The summed E-state index contributed by atoms with van der Waals surface area (Å²) in [6.07, 6.45) is 0. The highest BCUT2D eigenvalue weighted by Crippen LogP contribution is 2.23. The molecule has 6 heteroatoms. The van der Waals surface area contributed by atoms with Crippen LogP contribution in [0, 0.1) is 17.0 Å². The largest absolute Gasteiger partial charge is 0.360 e. The summed E-state index contributed by atoms with van der Waals surface area (Å²) in [5.41, 5.74) is 1.73. The summed E-state index contributed by atoms with van der Waals surface area (Å²) in [6, 6.07) is 10.8. The number of nitrogens with one attached hydrogen (secondary N) is 1. The molecule has 0 fully saturated rings. The van der Waals surface area contributed by atoms with Gasteiger partial charge in [-0.2, -0.15) is 0 Å². The number of hydrogen-bond acceptors (Lipinski definition) is 4. The molecular formula is C13H12BrN3O2. The Labute approximate surface area is 119 Å². The second-order valence-corrected chi connectivity index (χ2v) is 4.88. The lowest BCUT2D eigenvalue weighted by Crippen LogP contribution is -2.05. The fraction of sp³-hybridized carbons (Fsp3) is 0.154. The highest BCUT2D eigenvalue weighted by molar-refractivity contribution is 9.10. The van der Waals surface area contributed by atoms with Crippen LogP contribution in [0.5, 0.6) is 0 Å². The van der Waals surface area contributed by atoms with Crippen LogP contribution in [-0.4, -0.2) is 9.91 Å². The number of aryl methyl sites for hydroxylation is 1. The van der Waals surface area contributed by atoms with Gasteiger partial charge in [0.15, 0.2) is 0 Å². The van der Waals surface area contributed by atoms with Crippen molar-refractivity contribution in [1.29, 1.82) is 0 Å². The molecule has 1 aromatic carbocycles. The third-order valence-corrected chi connectivity index (χ3v) is 3.39. The maximum atomic E-state index is 10.9. The summed E-state index contributed by atoms with van der Waals surface area (Å²) in [5, 5.41) is 13.9. The Kier molecular flexibility index (Phi) is 4.11. The van der Waals surface area contributed by atoms with Crippen molar-refractivity contribution in [3.63, 3.8) is 0 Å². The lowest BCUT2D eigenvalue weighted by Gasteiger charge is -2.08. The average Bonchev–Trinajstić information content (AvgIpc) is 2.37. The number of halogens is 1. The van der Waals surface area contributed by atoms with Crippen molar-refractivity contribution in [2.24, 2.45) is 0 Å². The highest BCUT2D eigenvalue weighted by Gasteiger charge is 2.15. The highest BCUT2D eigenvalue weighted by atomic mass is 79.9. The molecule has 1 aromatic heterocycles. The van der Waals surface area contributed by atoms with Gasteiger partial charge in [-0.05, 0) is 24.6 Å². The van der Waals surface area contributed by atoms with Gasteiger partial charge in [0, 0.05) is 22.8 Å². The minimum atomic E-state index is -0.436. The predicted octanol–water partition coefficient (Wildman–Crippen LogP) is 3.67. The van der Waals surface area contributed by atoms with Gasteiger partial charge < -0.3 is 5.32 Å². The van der Waals surface area contributed by atoms with Gasteiger partial charge in [-0.1, -0.05) is 34.1 Å². The summed E-state index contributed by atoms with van der Waals surface area (Å²) in [6.45, 7) is 2.27. The van der Waals surface area contributed by atoms with Crippen molar-refractivity contribution in [3.05, 3.63) is 62.2 Å². The van der Waals surface area contributed by atoms with Crippen molar-refractivity contribution >= 4 is 27.4 Å². The fourth-order valence-corrected chi connectivity index (χ4v) is 2.07. The SMILES string of the molecule is Cc1ccc([N+](=O)[O-])c(NCc2ccccc2Br)n1. The van der Waals surface area contributed by atoms with Crippen LogP contribution in [0.4, 0.5) is 11.5 Å². The van der Waals surface area contributed by atoms with E-state index in [4.69, 9.17) is 0 Å². The number of nitro groups is 1. The van der Waals surface area contributed by atoms with Gasteiger partial charge in [0.05, 0.1) is 4.92 Å². The normalized spacial score (nSPS) is 10.2. The first-order valence-electron chi connectivity index (χ1n) is 5.67. The number of rotatable bonds is 4. The first-order chi connectivity index (χ1) is 9.08. The molecule has 2 aromatic rings. The molecule has 0 aliphatic heterocycles. The third-order valence-electron chi connectivity index (χ3n) is 2.61. The summed E-state index contributed by atoms with van der Waals surface area (Å²) < 4.78 is 0.956. The van der Waals surface area contributed by atoms with E-state index in [0.717, 1.165) is 15.7 Å². The summed E-state index contributed by atoms with van der Waals surface area (Å²) in [5.74, 6) is 0.292. The molecule has 0 atom stereocenters. The zero-order valence-electron chi connectivity index (χ0n) is 10.3. The molecule has 98 valence electrons. The molecule has 0 saturated heterocycles. The smallest absolute Gasteiger partial charge is 0.311 e. The number of aromatic nitrogens is 1. The Morgan fingerprint density at radius 1 is 1.32 bits per heavy atom. The summed E-state index contributed by atoms with van der Waals surface area (Å²) in [4.78, 5) is 14.7. The monoisotopic (exact) mass is 321 g/mol. The quantitative estimate of drug-likeness (QED) is 0.689. The zero-order chi connectivity index (χ0) is 13.8. The van der Waals surface area contributed by atoms with E-state index in [1.807, 2.05) is 24.3 Å². The molecular weight excluding hydrogens is 310 g/mol. The second kappa shape index (κ2) is 5.79. The molecule has 0 amide bonds. The molecule has 0 spiro atoms. The number of nitrogens with zero attached hydrogens (tertiary/aromatic N) is 2. The number of hydrogen-bond donors (Lipinski definition) is 1. The Morgan fingerprint density at radius 3 is 2.74 bits per heavy atom. The van der Waals surface area contributed by atoms with Crippen LogP contribution in [0.3, 0.4) is 0 Å². The maximum Gasteiger partial charge on any atom is 0.311 e. The fourth-order valence-electron chi connectivity index (χ4n) is 1.65. The standard InChI is InChI=1S/C13H12BrN3O2/c1-9-6-7-12(17(18)19)13(16-9)15-8-10-4-2-3-5-11(10)14/h2-7H,8H2,1H3,(H,15,16). The summed E-state index contributed by atoms with van der Waals surface area (Å²) >= 11 is 3.44. The molecule has 5 nitrogen and oxygen atoms in total. The van der Waals surface area contributed by atoms with E-state index >= 15 is 0 Å². The van der Waals surface area contributed by atoms with Gasteiger partial charge in [0.25, 0.3) is 0 Å². The van der Waals surface area contributed by atoms with Crippen LogP contribution in [0.1, 0.15) is 11.3 Å². The van der Waals surface area contributed by atoms with Crippen LogP contribution in [0.15, 0.2) is 40.9 Å². The van der Waals surface area contributed by atoms with E-state index in [2.05, 4.69) is 26.2 Å². The van der Waals surface area contributed by atoms with Gasteiger partial charge in [-0.15, -0.1) is 0 Å². The van der Waals surface area contributed by atoms with Crippen LogP contribution >= 0.6 is 15.9 Å². The van der Waals surface area contributed by atoms with E-state index in [1.165, 1.54) is 6.07 Å². The molecule has 1 heterocycles. The first-order valence-corrected chi connectivity index (χ1v) is 6.46. The van der Waals surface area contributed by atoms with Gasteiger partial charge >= 0.3 is 5.69 Å². The van der Waals surface area contributed by atoms with Crippen molar-refractivity contribution in [2.75, 3.05) is 5.32 Å². The molecule has 0 bridgehead atoms. The molecule has 0 unspecified atom stereocenters. The van der Waals surface area contributed by atoms with Crippen LogP contribution < -0.4 is 5.32 Å².